The van der Waals surface area contributed by atoms with Gasteiger partial charge in [-0.1, -0.05) is 80.9 Å². The lowest BCUT2D eigenvalue weighted by molar-refractivity contribution is -0.138. The molecule has 0 spiro atoms. The minimum atomic E-state index is -0.515. The maximum Gasteiger partial charge on any atom is 0.360 e. The molecule has 0 fully saturated rings. The quantitative estimate of drug-likeness (QED) is 0.199. The van der Waals surface area contributed by atoms with E-state index in [2.05, 4.69) is 31.8 Å². The van der Waals surface area contributed by atoms with Crippen molar-refractivity contribution in [3.63, 3.8) is 0 Å². The normalized spacial score (nSPS) is 11.9. The van der Waals surface area contributed by atoms with Crippen LogP contribution in [0, 0.1) is 12.8 Å². The van der Waals surface area contributed by atoms with Crippen LogP contribution < -0.4 is 4.74 Å². The van der Waals surface area contributed by atoms with E-state index in [1.807, 2.05) is 78.9 Å². The smallest absolute Gasteiger partial charge is 0.360 e. The number of terminal acetylenes is 1. The third kappa shape index (κ3) is 7.74. The van der Waals surface area contributed by atoms with Crippen LogP contribution in [0.3, 0.4) is 0 Å². The molecule has 3 aromatic carbocycles. The van der Waals surface area contributed by atoms with Gasteiger partial charge in [-0.2, -0.15) is 5.10 Å². The summed E-state index contributed by atoms with van der Waals surface area (Å²) in [5, 5.41) is 5.99. The van der Waals surface area contributed by atoms with Crippen LogP contribution >= 0.6 is 0 Å². The maximum absolute atomic E-state index is 12.8. The molecule has 6 heteroatoms. The molecule has 0 aromatic heterocycles. The van der Waals surface area contributed by atoms with Gasteiger partial charge in [-0.3, -0.25) is 5.01 Å². The molecule has 6 nitrogen and oxygen atoms in total. The Kier molecular flexibility index (Phi) is 12.0. The summed E-state index contributed by atoms with van der Waals surface area (Å²) in [6.45, 7) is 6.68. The Labute approximate surface area is 220 Å². The van der Waals surface area contributed by atoms with Crippen molar-refractivity contribution in [2.45, 2.75) is 40.3 Å². The van der Waals surface area contributed by atoms with Gasteiger partial charge < -0.3 is 14.2 Å². The second-order valence-corrected chi connectivity index (χ2v) is 7.78. The summed E-state index contributed by atoms with van der Waals surface area (Å²) in [5.74, 6) is 1.29. The second kappa shape index (κ2) is 15.5. The molecule has 1 heterocycles. The van der Waals surface area contributed by atoms with E-state index >= 15 is 0 Å². The van der Waals surface area contributed by atoms with E-state index in [4.69, 9.17) is 14.2 Å². The zero-order chi connectivity index (χ0) is 27.0. The van der Waals surface area contributed by atoms with E-state index < -0.39 is 5.97 Å². The first-order chi connectivity index (χ1) is 18.1. The minimum absolute atomic E-state index is 0.255. The first kappa shape index (κ1) is 28.7. The molecule has 0 unspecified atom stereocenters. The lowest BCUT2D eigenvalue weighted by atomic mass is 9.99. The first-order valence-corrected chi connectivity index (χ1v) is 12.1. The molecule has 0 saturated carbocycles. The zero-order valence-electron chi connectivity index (χ0n) is 21.9. The number of carbonyl (C=O) groups excluding carboxylic acids is 1. The molecular weight excluding hydrogens is 464 g/mol. The van der Waals surface area contributed by atoms with Crippen LogP contribution in [0.1, 0.15) is 43.9 Å². The Bertz CT molecular complexity index is 1200. The molecule has 0 bridgehead atoms. The van der Waals surface area contributed by atoms with Crippen molar-refractivity contribution in [2.24, 2.45) is 5.10 Å². The van der Waals surface area contributed by atoms with Gasteiger partial charge in [0, 0.05) is 17.3 Å². The summed E-state index contributed by atoms with van der Waals surface area (Å²) in [6.07, 6.45) is 10.9. The number of ether oxygens (including phenoxy) is 3. The summed E-state index contributed by atoms with van der Waals surface area (Å²) < 4.78 is 17.4. The SMILES string of the molecule is C#C.C/C=N\N1Cc2c(Oc3ccccc3)cccc2C(OCc2ccccc2)=C1C(=O)OC.CCC. The Morgan fingerprint density at radius 2 is 1.59 bits per heavy atom. The number of rotatable bonds is 7. The van der Waals surface area contributed by atoms with Crippen molar-refractivity contribution in [3.8, 4) is 24.3 Å². The number of hydrogen-bond donors (Lipinski definition) is 0. The molecule has 0 atom stereocenters. The van der Waals surface area contributed by atoms with E-state index in [9.17, 15) is 4.79 Å². The van der Waals surface area contributed by atoms with Crippen LogP contribution in [0.5, 0.6) is 11.5 Å². The fourth-order valence-corrected chi connectivity index (χ4v) is 3.53. The number of fused-ring (bicyclic) bond motifs is 1. The summed E-state index contributed by atoms with van der Waals surface area (Å²) in [5.41, 5.74) is 2.89. The third-order valence-corrected chi connectivity index (χ3v) is 4.99. The lowest BCUT2D eigenvalue weighted by Crippen LogP contribution is -2.30. The van der Waals surface area contributed by atoms with Gasteiger partial charge in [-0.05, 0) is 30.7 Å². The second-order valence-electron chi connectivity index (χ2n) is 7.78. The molecular formula is C31H34N2O4. The van der Waals surface area contributed by atoms with Gasteiger partial charge in [0.1, 0.15) is 18.1 Å². The molecule has 3 aromatic rings. The van der Waals surface area contributed by atoms with E-state index in [1.165, 1.54) is 13.5 Å². The molecule has 192 valence electrons. The van der Waals surface area contributed by atoms with Gasteiger partial charge >= 0.3 is 5.97 Å². The van der Waals surface area contributed by atoms with Crippen LogP contribution in [-0.2, 0) is 27.4 Å². The minimum Gasteiger partial charge on any atom is -0.486 e. The number of benzene rings is 3. The molecule has 0 amide bonds. The molecule has 4 rings (SSSR count). The monoisotopic (exact) mass is 498 g/mol. The van der Waals surface area contributed by atoms with Gasteiger partial charge in [-0.15, -0.1) is 12.8 Å². The number of carbonyl (C=O) groups is 1. The Balaban J connectivity index is 0.000000898. The zero-order valence-corrected chi connectivity index (χ0v) is 21.9. The van der Waals surface area contributed by atoms with Crippen molar-refractivity contribution in [1.82, 2.24) is 5.01 Å². The third-order valence-electron chi connectivity index (χ3n) is 4.99. The van der Waals surface area contributed by atoms with Crippen LogP contribution in [0.4, 0.5) is 0 Å². The number of hydrazone groups is 1. The molecule has 1 aliphatic rings. The maximum atomic E-state index is 12.8. The van der Waals surface area contributed by atoms with Crippen molar-refractivity contribution < 1.29 is 19.0 Å². The van der Waals surface area contributed by atoms with Crippen molar-refractivity contribution >= 4 is 17.9 Å². The summed E-state index contributed by atoms with van der Waals surface area (Å²) >= 11 is 0. The largest absolute Gasteiger partial charge is 0.486 e. The topological polar surface area (TPSA) is 60.4 Å². The number of esters is 1. The number of methoxy groups -OCH3 is 1. The van der Waals surface area contributed by atoms with Crippen LogP contribution in [-0.4, -0.2) is 24.3 Å². The Morgan fingerprint density at radius 3 is 2.19 bits per heavy atom. The average Bonchev–Trinajstić information content (AvgIpc) is 2.94. The highest BCUT2D eigenvalue weighted by Crippen LogP contribution is 2.39. The Morgan fingerprint density at radius 1 is 0.973 bits per heavy atom. The fraction of sp³-hybridized carbons (Fsp3) is 0.226. The van der Waals surface area contributed by atoms with Gasteiger partial charge in [0.05, 0.1) is 13.7 Å². The lowest BCUT2D eigenvalue weighted by Gasteiger charge is -2.30. The highest BCUT2D eigenvalue weighted by atomic mass is 16.5. The van der Waals surface area contributed by atoms with E-state index in [-0.39, 0.29) is 5.70 Å². The molecule has 0 radical (unpaired) electrons. The highest BCUT2D eigenvalue weighted by Gasteiger charge is 2.33. The molecule has 1 aliphatic heterocycles. The van der Waals surface area contributed by atoms with Gasteiger partial charge in [0.25, 0.3) is 0 Å². The van der Waals surface area contributed by atoms with Crippen molar-refractivity contribution in [3.05, 3.63) is 101 Å². The predicted molar refractivity (Wildman–Crippen MR) is 149 cm³/mol. The molecule has 0 saturated heterocycles. The standard InChI is InChI=1S/C26H24N2O4.C3H8.C2H2/c1-3-27-28-17-22-21(15-10-16-23(22)32-20-13-8-5-9-14-20)25(24(28)26(29)30-2)31-18-19-11-6-4-7-12-19;1-3-2;1-2/h3-16H,17-18H2,1-2H3;3H2,1-2H3;1-2H/b27-3-;;. The van der Waals surface area contributed by atoms with Crippen LogP contribution in [0.15, 0.2) is 89.7 Å². The molecule has 37 heavy (non-hydrogen) atoms. The van der Waals surface area contributed by atoms with E-state index in [0.29, 0.717) is 24.7 Å². The summed E-state index contributed by atoms with van der Waals surface area (Å²) in [7, 11) is 1.35. The van der Waals surface area contributed by atoms with E-state index in [0.717, 1.165) is 22.4 Å². The predicted octanol–water partition coefficient (Wildman–Crippen LogP) is 7.02. The van der Waals surface area contributed by atoms with Crippen LogP contribution in [0.2, 0.25) is 0 Å². The Hall–Kier alpha value is -4.50. The molecule has 0 aliphatic carbocycles. The van der Waals surface area contributed by atoms with Crippen molar-refractivity contribution in [1.29, 1.82) is 0 Å². The van der Waals surface area contributed by atoms with Gasteiger partial charge in [-0.25, -0.2) is 4.79 Å². The molecule has 0 N–H and O–H groups in total. The number of para-hydroxylation sites is 1. The van der Waals surface area contributed by atoms with Crippen LogP contribution in [0.25, 0.3) is 5.76 Å². The first-order valence-electron chi connectivity index (χ1n) is 12.1. The summed E-state index contributed by atoms with van der Waals surface area (Å²) in [6, 6.07) is 25.1. The van der Waals surface area contributed by atoms with E-state index in [1.54, 1.807) is 18.1 Å². The number of hydrogen-bond acceptors (Lipinski definition) is 6. The van der Waals surface area contributed by atoms with Gasteiger partial charge in [0.2, 0.25) is 0 Å². The number of nitrogens with zero attached hydrogens (tertiary/aromatic N) is 2. The fourth-order valence-electron chi connectivity index (χ4n) is 3.53. The summed E-state index contributed by atoms with van der Waals surface area (Å²) in [4.78, 5) is 12.8. The average molecular weight is 499 g/mol. The highest BCUT2D eigenvalue weighted by molar-refractivity contribution is 5.97. The van der Waals surface area contributed by atoms with Gasteiger partial charge in [0.15, 0.2) is 11.5 Å². The van der Waals surface area contributed by atoms with Crippen molar-refractivity contribution in [2.75, 3.05) is 7.11 Å².